The first kappa shape index (κ1) is 11.3. The van der Waals surface area contributed by atoms with E-state index in [-0.39, 0.29) is 5.75 Å². The molecule has 0 bridgehead atoms. The maximum absolute atomic E-state index is 11.9. The van der Waals surface area contributed by atoms with Gasteiger partial charge in [0.1, 0.15) is 5.75 Å². The Balaban J connectivity index is 1.81. The number of rotatable bonds is 5. The Bertz CT molecular complexity index is 322. The van der Waals surface area contributed by atoms with Crippen LogP contribution in [0.2, 0.25) is 0 Å². The first-order valence-electron chi connectivity index (χ1n) is 5.51. The Hall–Kier alpha value is -1.16. The molecule has 2 rings (SSSR count). The summed E-state index contributed by atoms with van der Waals surface area (Å²) in [5.41, 5.74) is 1.09. The zero-order chi connectivity index (χ0) is 11.4. The van der Waals surface area contributed by atoms with Crippen LogP contribution in [0.5, 0.6) is 5.75 Å². The summed E-state index contributed by atoms with van der Waals surface area (Å²) in [6, 6.07) is 7.40. The minimum Gasteiger partial charge on any atom is -0.435 e. The summed E-state index contributed by atoms with van der Waals surface area (Å²) in [7, 11) is 0. The molecule has 1 aromatic carbocycles. The predicted molar refractivity (Wildman–Crippen MR) is 57.6 cm³/mol. The molecule has 1 aromatic rings. The van der Waals surface area contributed by atoms with Crippen molar-refractivity contribution in [1.29, 1.82) is 0 Å². The van der Waals surface area contributed by atoms with Crippen molar-refractivity contribution in [3.05, 3.63) is 29.8 Å². The van der Waals surface area contributed by atoms with Gasteiger partial charge in [0.2, 0.25) is 0 Å². The average molecular weight is 227 g/mol. The highest BCUT2D eigenvalue weighted by atomic mass is 19.3. The Morgan fingerprint density at radius 3 is 2.44 bits per heavy atom. The fourth-order valence-corrected chi connectivity index (χ4v) is 1.66. The monoisotopic (exact) mass is 227 g/mol. The van der Waals surface area contributed by atoms with Crippen LogP contribution in [0.15, 0.2) is 24.3 Å². The molecule has 0 spiro atoms. The standard InChI is InChI=1S/C12H15F2NO/c13-12(14)16-11-6-4-9(5-7-11)8-15-10-2-1-3-10/h4-7,10,12,15H,1-3,8H2. The molecule has 0 heterocycles. The smallest absolute Gasteiger partial charge is 0.387 e. The van der Waals surface area contributed by atoms with Crippen molar-refractivity contribution in [2.24, 2.45) is 0 Å². The molecule has 1 saturated carbocycles. The Kier molecular flexibility index (Phi) is 3.72. The second-order valence-corrected chi connectivity index (χ2v) is 4.03. The first-order chi connectivity index (χ1) is 7.74. The van der Waals surface area contributed by atoms with Crippen molar-refractivity contribution in [3.8, 4) is 5.75 Å². The molecule has 1 aliphatic rings. The highest BCUT2D eigenvalue weighted by Crippen LogP contribution is 2.19. The van der Waals surface area contributed by atoms with Gasteiger partial charge >= 0.3 is 6.61 Å². The van der Waals surface area contributed by atoms with Gasteiger partial charge in [-0.2, -0.15) is 8.78 Å². The van der Waals surface area contributed by atoms with E-state index in [0.717, 1.165) is 12.1 Å². The first-order valence-corrected chi connectivity index (χ1v) is 5.51. The number of nitrogens with one attached hydrogen (secondary N) is 1. The van der Waals surface area contributed by atoms with Gasteiger partial charge in [0.15, 0.2) is 0 Å². The van der Waals surface area contributed by atoms with Crippen molar-refractivity contribution in [2.45, 2.75) is 38.5 Å². The van der Waals surface area contributed by atoms with Gasteiger partial charge in [-0.15, -0.1) is 0 Å². The Labute approximate surface area is 93.6 Å². The Morgan fingerprint density at radius 2 is 1.94 bits per heavy atom. The molecule has 0 unspecified atom stereocenters. The zero-order valence-electron chi connectivity index (χ0n) is 8.96. The molecule has 2 nitrogen and oxygen atoms in total. The third-order valence-corrected chi connectivity index (χ3v) is 2.85. The van der Waals surface area contributed by atoms with E-state index in [1.165, 1.54) is 19.3 Å². The molecule has 1 N–H and O–H groups in total. The fourth-order valence-electron chi connectivity index (χ4n) is 1.66. The van der Waals surface area contributed by atoms with Gasteiger partial charge in [-0.3, -0.25) is 0 Å². The van der Waals surface area contributed by atoms with Crippen LogP contribution in [0.4, 0.5) is 8.78 Å². The van der Waals surface area contributed by atoms with Gasteiger partial charge < -0.3 is 10.1 Å². The fraction of sp³-hybridized carbons (Fsp3) is 0.500. The van der Waals surface area contributed by atoms with Crippen LogP contribution in [0.25, 0.3) is 0 Å². The van der Waals surface area contributed by atoms with Crippen LogP contribution in [-0.2, 0) is 6.54 Å². The van der Waals surface area contributed by atoms with Crippen molar-refractivity contribution in [2.75, 3.05) is 0 Å². The molecular formula is C12H15F2NO. The van der Waals surface area contributed by atoms with Gasteiger partial charge in [-0.25, -0.2) is 0 Å². The van der Waals surface area contributed by atoms with Crippen LogP contribution in [0.3, 0.4) is 0 Å². The number of benzene rings is 1. The number of halogens is 2. The van der Waals surface area contributed by atoms with Crippen molar-refractivity contribution >= 4 is 0 Å². The SMILES string of the molecule is FC(F)Oc1ccc(CNC2CCC2)cc1. The third-order valence-electron chi connectivity index (χ3n) is 2.85. The quantitative estimate of drug-likeness (QED) is 0.835. The van der Waals surface area contributed by atoms with Crippen molar-refractivity contribution < 1.29 is 13.5 Å². The molecule has 0 saturated heterocycles. The van der Waals surface area contributed by atoms with Gasteiger partial charge in [0.25, 0.3) is 0 Å². The molecule has 1 aliphatic carbocycles. The maximum Gasteiger partial charge on any atom is 0.387 e. The average Bonchev–Trinajstić information content (AvgIpc) is 2.17. The number of ether oxygens (including phenoxy) is 1. The zero-order valence-corrected chi connectivity index (χ0v) is 8.96. The minimum absolute atomic E-state index is 0.211. The lowest BCUT2D eigenvalue weighted by molar-refractivity contribution is -0.0498. The van der Waals surface area contributed by atoms with Crippen LogP contribution >= 0.6 is 0 Å². The van der Waals surface area contributed by atoms with E-state index in [0.29, 0.717) is 6.04 Å². The summed E-state index contributed by atoms with van der Waals surface area (Å²) in [5.74, 6) is 0.211. The molecule has 0 aromatic heterocycles. The number of hydrogen-bond acceptors (Lipinski definition) is 2. The summed E-state index contributed by atoms with van der Waals surface area (Å²) >= 11 is 0. The van der Waals surface area contributed by atoms with Crippen LogP contribution in [0, 0.1) is 0 Å². The normalized spacial score (nSPS) is 16.2. The molecular weight excluding hydrogens is 212 g/mol. The second-order valence-electron chi connectivity index (χ2n) is 4.03. The van der Waals surface area contributed by atoms with E-state index in [9.17, 15) is 8.78 Å². The van der Waals surface area contributed by atoms with E-state index in [4.69, 9.17) is 0 Å². The van der Waals surface area contributed by atoms with E-state index in [1.807, 2.05) is 12.1 Å². The summed E-state index contributed by atoms with van der Waals surface area (Å²) in [6.07, 6.45) is 3.79. The summed E-state index contributed by atoms with van der Waals surface area (Å²) in [6.45, 7) is -1.96. The van der Waals surface area contributed by atoms with Crippen LogP contribution in [0.1, 0.15) is 24.8 Å². The maximum atomic E-state index is 11.9. The molecule has 1 fully saturated rings. The Morgan fingerprint density at radius 1 is 1.25 bits per heavy atom. The minimum atomic E-state index is -2.75. The highest BCUT2D eigenvalue weighted by molar-refractivity contribution is 5.27. The summed E-state index contributed by atoms with van der Waals surface area (Å²) in [5, 5.41) is 3.41. The van der Waals surface area contributed by atoms with Gasteiger partial charge in [0.05, 0.1) is 0 Å². The molecule has 0 atom stereocenters. The molecule has 4 heteroatoms. The van der Waals surface area contributed by atoms with E-state index < -0.39 is 6.61 Å². The van der Waals surface area contributed by atoms with E-state index in [1.54, 1.807) is 12.1 Å². The topological polar surface area (TPSA) is 21.3 Å². The van der Waals surface area contributed by atoms with Gasteiger partial charge in [-0.1, -0.05) is 18.6 Å². The lowest BCUT2D eigenvalue weighted by Crippen LogP contribution is -2.34. The lowest BCUT2D eigenvalue weighted by Gasteiger charge is -2.26. The molecule has 88 valence electrons. The third kappa shape index (κ3) is 3.17. The van der Waals surface area contributed by atoms with Crippen LogP contribution < -0.4 is 10.1 Å². The van der Waals surface area contributed by atoms with Gasteiger partial charge in [0, 0.05) is 12.6 Å². The number of alkyl halides is 2. The van der Waals surface area contributed by atoms with Crippen molar-refractivity contribution in [3.63, 3.8) is 0 Å². The summed E-state index contributed by atoms with van der Waals surface area (Å²) < 4.78 is 28.1. The van der Waals surface area contributed by atoms with Crippen molar-refractivity contribution in [1.82, 2.24) is 5.32 Å². The lowest BCUT2D eigenvalue weighted by atomic mass is 9.93. The summed E-state index contributed by atoms with van der Waals surface area (Å²) in [4.78, 5) is 0. The molecule has 16 heavy (non-hydrogen) atoms. The van der Waals surface area contributed by atoms with E-state index >= 15 is 0 Å². The molecule has 0 amide bonds. The molecule has 0 radical (unpaired) electrons. The predicted octanol–water partition coefficient (Wildman–Crippen LogP) is 2.93. The van der Waals surface area contributed by atoms with E-state index in [2.05, 4.69) is 10.1 Å². The largest absolute Gasteiger partial charge is 0.435 e. The van der Waals surface area contributed by atoms with Gasteiger partial charge in [-0.05, 0) is 30.5 Å². The second kappa shape index (κ2) is 5.25. The number of hydrogen-bond donors (Lipinski definition) is 1. The highest BCUT2D eigenvalue weighted by Gasteiger charge is 2.15. The van der Waals surface area contributed by atoms with Crippen LogP contribution in [-0.4, -0.2) is 12.7 Å². The molecule has 0 aliphatic heterocycles.